The molecule has 0 bridgehead atoms. The fourth-order valence-electron chi connectivity index (χ4n) is 1.12. The summed E-state index contributed by atoms with van der Waals surface area (Å²) in [4.78, 5) is 24.5. The van der Waals surface area contributed by atoms with Gasteiger partial charge in [0.2, 0.25) is 0 Å². The van der Waals surface area contributed by atoms with Crippen molar-refractivity contribution in [2.24, 2.45) is 0 Å². The Morgan fingerprint density at radius 1 is 1.65 bits per heavy atom. The van der Waals surface area contributed by atoms with Crippen molar-refractivity contribution in [1.29, 1.82) is 0 Å². The number of methoxy groups -OCH3 is 1. The highest BCUT2D eigenvalue weighted by Gasteiger charge is 2.13. The van der Waals surface area contributed by atoms with E-state index in [-0.39, 0.29) is 17.8 Å². The van der Waals surface area contributed by atoms with E-state index in [2.05, 4.69) is 9.72 Å². The van der Waals surface area contributed by atoms with E-state index in [9.17, 15) is 14.9 Å². The molecule has 0 fully saturated rings. The summed E-state index contributed by atoms with van der Waals surface area (Å²) in [6.07, 6.45) is 5.52. The summed E-state index contributed by atoms with van der Waals surface area (Å²) in [5.74, 6) is -0.404. The van der Waals surface area contributed by atoms with Crippen LogP contribution in [0.1, 0.15) is 12.0 Å². The van der Waals surface area contributed by atoms with Gasteiger partial charge in [0.05, 0.1) is 18.5 Å². The zero-order valence-corrected chi connectivity index (χ0v) is 9.12. The molecule has 0 aliphatic carbocycles. The van der Waals surface area contributed by atoms with Gasteiger partial charge in [0.15, 0.2) is 0 Å². The van der Waals surface area contributed by atoms with E-state index in [1.807, 2.05) is 0 Å². The summed E-state index contributed by atoms with van der Waals surface area (Å²) in [7, 11) is 1.28. The molecule has 1 rings (SSSR count). The molecule has 90 valence electrons. The van der Waals surface area contributed by atoms with E-state index in [1.54, 1.807) is 0 Å². The molecule has 0 unspecified atom stereocenters. The van der Waals surface area contributed by atoms with Crippen molar-refractivity contribution in [2.75, 3.05) is 12.8 Å². The number of esters is 1. The van der Waals surface area contributed by atoms with Gasteiger partial charge in [-0.05, 0) is 0 Å². The monoisotopic (exact) mass is 237 g/mol. The van der Waals surface area contributed by atoms with E-state index in [1.165, 1.54) is 25.5 Å². The normalized spacial score (nSPS) is 10.4. The molecule has 0 amide bonds. The fraction of sp³-hybridized carbons (Fsp3) is 0.200. The lowest BCUT2D eigenvalue weighted by Gasteiger charge is -2.00. The molecule has 0 saturated heterocycles. The Morgan fingerprint density at radius 2 is 2.35 bits per heavy atom. The van der Waals surface area contributed by atoms with Crippen LogP contribution in [-0.2, 0) is 9.53 Å². The number of rotatable bonds is 4. The van der Waals surface area contributed by atoms with Crippen molar-refractivity contribution >= 4 is 23.4 Å². The molecule has 0 aromatic carbocycles. The van der Waals surface area contributed by atoms with Crippen LogP contribution in [0.4, 0.5) is 11.4 Å². The Kier molecular flexibility index (Phi) is 4.15. The Hall–Kier alpha value is -2.44. The summed E-state index contributed by atoms with van der Waals surface area (Å²) >= 11 is 0. The van der Waals surface area contributed by atoms with Crippen LogP contribution in [0.3, 0.4) is 0 Å². The number of nitro groups is 1. The van der Waals surface area contributed by atoms with Gasteiger partial charge in [0, 0.05) is 11.8 Å². The number of carbonyl (C=O) groups excluding carboxylic acids is 1. The number of hydrogen-bond acceptors (Lipinski definition) is 6. The number of anilines is 1. The zero-order valence-electron chi connectivity index (χ0n) is 9.12. The molecule has 0 aliphatic heterocycles. The molecule has 7 heteroatoms. The first-order valence-electron chi connectivity index (χ1n) is 4.67. The lowest BCUT2D eigenvalue weighted by atomic mass is 10.2. The molecule has 7 nitrogen and oxygen atoms in total. The van der Waals surface area contributed by atoms with Crippen molar-refractivity contribution in [3.05, 3.63) is 34.1 Å². The summed E-state index contributed by atoms with van der Waals surface area (Å²) in [6, 6.07) is 0. The summed E-state index contributed by atoms with van der Waals surface area (Å²) < 4.78 is 4.44. The molecule has 0 radical (unpaired) electrons. The van der Waals surface area contributed by atoms with Crippen LogP contribution < -0.4 is 5.73 Å². The van der Waals surface area contributed by atoms with E-state index < -0.39 is 10.9 Å². The maximum absolute atomic E-state index is 10.8. The van der Waals surface area contributed by atoms with Gasteiger partial charge >= 0.3 is 11.7 Å². The van der Waals surface area contributed by atoms with Gasteiger partial charge < -0.3 is 10.5 Å². The van der Waals surface area contributed by atoms with Crippen LogP contribution >= 0.6 is 0 Å². The van der Waals surface area contributed by atoms with Crippen molar-refractivity contribution in [3.8, 4) is 0 Å². The number of carbonyl (C=O) groups is 1. The minimum absolute atomic E-state index is 0.0196. The first kappa shape index (κ1) is 12.6. The lowest BCUT2D eigenvalue weighted by molar-refractivity contribution is -0.384. The highest BCUT2D eigenvalue weighted by atomic mass is 16.6. The highest BCUT2D eigenvalue weighted by Crippen LogP contribution is 2.24. The average Bonchev–Trinajstić information content (AvgIpc) is 2.30. The fourth-order valence-corrected chi connectivity index (χ4v) is 1.12. The first-order chi connectivity index (χ1) is 8.06. The predicted octanol–water partition coefficient (Wildman–Crippen LogP) is 1.15. The maximum Gasteiger partial charge on any atom is 0.310 e. The van der Waals surface area contributed by atoms with Crippen molar-refractivity contribution in [1.82, 2.24) is 4.98 Å². The molecule has 1 aromatic heterocycles. The Morgan fingerprint density at radius 3 is 2.94 bits per heavy atom. The van der Waals surface area contributed by atoms with Crippen molar-refractivity contribution < 1.29 is 14.5 Å². The summed E-state index contributed by atoms with van der Waals surface area (Å²) in [5, 5.41) is 10.6. The second kappa shape index (κ2) is 5.59. The van der Waals surface area contributed by atoms with E-state index in [0.717, 1.165) is 6.20 Å². The van der Waals surface area contributed by atoms with Gasteiger partial charge in [-0.3, -0.25) is 19.9 Å². The van der Waals surface area contributed by atoms with Crippen molar-refractivity contribution in [2.45, 2.75) is 6.42 Å². The molecule has 2 N–H and O–H groups in total. The van der Waals surface area contributed by atoms with Gasteiger partial charge in [-0.2, -0.15) is 0 Å². The molecule has 1 heterocycles. The molecule has 1 aromatic rings. The van der Waals surface area contributed by atoms with Crippen LogP contribution in [0.2, 0.25) is 0 Å². The predicted molar refractivity (Wildman–Crippen MR) is 61.0 cm³/mol. The number of aromatic nitrogens is 1. The van der Waals surface area contributed by atoms with E-state index in [0.29, 0.717) is 5.56 Å². The van der Waals surface area contributed by atoms with Crippen LogP contribution in [-0.4, -0.2) is 23.0 Å². The van der Waals surface area contributed by atoms with E-state index >= 15 is 0 Å². The van der Waals surface area contributed by atoms with Gasteiger partial charge in [-0.1, -0.05) is 12.2 Å². The van der Waals surface area contributed by atoms with Crippen LogP contribution in [0.15, 0.2) is 18.5 Å². The number of hydrogen-bond donors (Lipinski definition) is 1. The number of nitrogens with two attached hydrogens (primary N) is 1. The summed E-state index contributed by atoms with van der Waals surface area (Å²) in [5.41, 5.74) is 5.74. The summed E-state index contributed by atoms with van der Waals surface area (Å²) in [6.45, 7) is 0. The quantitative estimate of drug-likeness (QED) is 0.478. The second-order valence-electron chi connectivity index (χ2n) is 3.10. The van der Waals surface area contributed by atoms with Crippen LogP contribution in [0.5, 0.6) is 0 Å². The lowest BCUT2D eigenvalue weighted by Crippen LogP contribution is -1.99. The van der Waals surface area contributed by atoms with Gasteiger partial charge in [0.25, 0.3) is 0 Å². The molecule has 0 aliphatic rings. The first-order valence-corrected chi connectivity index (χ1v) is 4.67. The molecule has 0 spiro atoms. The van der Waals surface area contributed by atoms with Gasteiger partial charge in [-0.15, -0.1) is 0 Å². The average molecular weight is 237 g/mol. The van der Waals surface area contributed by atoms with Crippen LogP contribution in [0.25, 0.3) is 6.08 Å². The SMILES string of the molecule is COC(=O)CC=Cc1cncc([N+](=O)[O-])c1N. The molecular weight excluding hydrogens is 226 g/mol. The highest BCUT2D eigenvalue weighted by molar-refractivity contribution is 5.75. The molecular formula is C10H11N3O4. The smallest absolute Gasteiger partial charge is 0.310 e. The maximum atomic E-state index is 10.8. The Balaban J connectivity index is 2.89. The standard InChI is InChI=1S/C10H11N3O4/c1-17-9(14)4-2-3-7-5-12-6-8(10(7)11)13(15)16/h2-3,5-6H,4H2,1H3,(H2,11,12). The van der Waals surface area contributed by atoms with Crippen LogP contribution in [0, 0.1) is 10.1 Å². The third kappa shape index (κ3) is 3.26. The minimum atomic E-state index is -0.611. The van der Waals surface area contributed by atoms with Crippen molar-refractivity contribution in [3.63, 3.8) is 0 Å². The van der Waals surface area contributed by atoms with Gasteiger partial charge in [-0.25, -0.2) is 0 Å². The molecule has 0 atom stereocenters. The second-order valence-corrected chi connectivity index (χ2v) is 3.10. The van der Waals surface area contributed by atoms with Gasteiger partial charge in [0.1, 0.15) is 11.9 Å². The largest absolute Gasteiger partial charge is 0.469 e. The minimum Gasteiger partial charge on any atom is -0.469 e. The topological polar surface area (TPSA) is 108 Å². The van der Waals surface area contributed by atoms with E-state index in [4.69, 9.17) is 5.73 Å². The number of nitrogen functional groups attached to an aromatic ring is 1. The Bertz CT molecular complexity index is 471. The zero-order chi connectivity index (χ0) is 12.8. The third-order valence-electron chi connectivity index (χ3n) is 2.00. The Labute approximate surface area is 97.1 Å². The molecule has 17 heavy (non-hydrogen) atoms. The molecule has 0 saturated carbocycles. The number of ether oxygens (including phenoxy) is 1. The third-order valence-corrected chi connectivity index (χ3v) is 2.00. The number of pyridine rings is 1. The number of nitrogens with zero attached hydrogens (tertiary/aromatic N) is 2.